The minimum absolute atomic E-state index is 0.0381. The molecule has 2 aromatic carbocycles. The van der Waals surface area contributed by atoms with Gasteiger partial charge in [0, 0.05) is 18.5 Å². The predicted octanol–water partition coefficient (Wildman–Crippen LogP) is 6.36. The zero-order valence-electron chi connectivity index (χ0n) is 25.6. The lowest BCUT2D eigenvalue weighted by molar-refractivity contribution is -0.145. The van der Waals surface area contributed by atoms with Crippen molar-refractivity contribution in [3.8, 4) is 0 Å². The summed E-state index contributed by atoms with van der Waals surface area (Å²) in [5.41, 5.74) is 2.06. The monoisotopic (exact) mass is 551 g/mol. The quantitative estimate of drug-likeness (QED) is 0.303. The second-order valence-electron chi connectivity index (χ2n) is 11.6. The van der Waals surface area contributed by atoms with Crippen molar-refractivity contribution >= 4 is 17.9 Å². The van der Waals surface area contributed by atoms with E-state index in [1.54, 1.807) is 25.7 Å². The summed E-state index contributed by atoms with van der Waals surface area (Å²) in [7, 11) is 0. The molecule has 0 spiro atoms. The van der Waals surface area contributed by atoms with Gasteiger partial charge in [-0.25, -0.2) is 4.79 Å². The summed E-state index contributed by atoms with van der Waals surface area (Å²) in [6.07, 6.45) is 2.87. The Morgan fingerprint density at radius 1 is 0.875 bits per heavy atom. The molecule has 0 heterocycles. The van der Waals surface area contributed by atoms with Crippen LogP contribution in [0.25, 0.3) is 0 Å². The van der Waals surface area contributed by atoms with E-state index < -0.39 is 23.8 Å². The van der Waals surface area contributed by atoms with Gasteiger partial charge in [-0.2, -0.15) is 0 Å². The number of nitrogens with one attached hydrogen (secondary N) is 2. The summed E-state index contributed by atoms with van der Waals surface area (Å²) in [5.74, 6) is -0.554. The van der Waals surface area contributed by atoms with Gasteiger partial charge >= 0.3 is 6.09 Å². The Balaban J connectivity index is 2.58. The molecule has 7 heteroatoms. The third kappa shape index (κ3) is 10.00. The molecule has 40 heavy (non-hydrogen) atoms. The van der Waals surface area contributed by atoms with Crippen LogP contribution in [0.5, 0.6) is 0 Å². The number of hydrogen-bond acceptors (Lipinski definition) is 4. The molecule has 4 atom stereocenters. The third-order valence-corrected chi connectivity index (χ3v) is 6.93. The fourth-order valence-electron chi connectivity index (χ4n) is 4.68. The predicted molar refractivity (Wildman–Crippen MR) is 161 cm³/mol. The molecule has 0 aliphatic heterocycles. The summed E-state index contributed by atoms with van der Waals surface area (Å²) in [6.45, 7) is 15.4. The summed E-state index contributed by atoms with van der Waals surface area (Å²) in [5, 5.41) is 5.96. The first-order chi connectivity index (χ1) is 18.9. The normalized spacial score (nSPS) is 14.4. The number of alkyl carbamates (subject to hydrolysis) is 1. The summed E-state index contributed by atoms with van der Waals surface area (Å²) in [4.78, 5) is 43.0. The Morgan fingerprint density at radius 3 is 2.02 bits per heavy atom. The molecule has 0 fully saturated rings. The van der Waals surface area contributed by atoms with Crippen LogP contribution < -0.4 is 10.6 Å². The van der Waals surface area contributed by atoms with Crippen LogP contribution in [0.4, 0.5) is 4.79 Å². The average molecular weight is 552 g/mol. The highest BCUT2D eigenvalue weighted by Gasteiger charge is 2.38. The first kappa shape index (κ1) is 32.9. The maximum atomic E-state index is 14.5. The van der Waals surface area contributed by atoms with Crippen LogP contribution in [0, 0.1) is 0 Å². The Bertz CT molecular complexity index is 1080. The van der Waals surface area contributed by atoms with E-state index >= 15 is 0 Å². The van der Waals surface area contributed by atoms with Crippen LogP contribution in [0.15, 0.2) is 54.6 Å². The van der Waals surface area contributed by atoms with E-state index in [1.807, 2.05) is 75.4 Å². The minimum Gasteiger partial charge on any atom is -0.444 e. The van der Waals surface area contributed by atoms with Gasteiger partial charge in [0.15, 0.2) is 0 Å². The molecular formula is C33H49N3O4. The second-order valence-corrected chi connectivity index (χ2v) is 11.6. The smallest absolute Gasteiger partial charge is 0.408 e. The molecular weight excluding hydrogens is 502 g/mol. The number of carbonyl (C=O) groups is 3. The highest BCUT2D eigenvalue weighted by molar-refractivity contribution is 5.92. The van der Waals surface area contributed by atoms with Gasteiger partial charge in [-0.15, -0.1) is 0 Å². The standard InChI is InChI=1S/C33H49N3O4/c1-9-15-23(4)34-30(37)29(27-20-18-25(11-3)19-21-27)36(24(5)10-2)31(38)28(22-26-16-13-12-14-17-26)35-32(39)40-33(6,7)8/h12-14,16-21,23-24,28-29H,9-11,15,22H2,1-8H3,(H,34,37)(H,35,39). The van der Waals surface area contributed by atoms with E-state index in [0.717, 1.165) is 36.0 Å². The molecule has 0 aromatic heterocycles. The molecule has 2 rings (SSSR count). The zero-order valence-corrected chi connectivity index (χ0v) is 25.6. The molecule has 4 unspecified atom stereocenters. The molecule has 0 aliphatic rings. The Kier molecular flexibility index (Phi) is 12.7. The summed E-state index contributed by atoms with van der Waals surface area (Å²) < 4.78 is 5.52. The molecule has 0 bridgehead atoms. The minimum atomic E-state index is -0.926. The van der Waals surface area contributed by atoms with Gasteiger partial charge in [0.1, 0.15) is 17.7 Å². The van der Waals surface area contributed by atoms with E-state index in [9.17, 15) is 14.4 Å². The Morgan fingerprint density at radius 2 is 1.50 bits per heavy atom. The van der Waals surface area contributed by atoms with E-state index in [0.29, 0.717) is 6.42 Å². The molecule has 3 amide bonds. The van der Waals surface area contributed by atoms with Gasteiger partial charge < -0.3 is 20.3 Å². The molecule has 0 saturated carbocycles. The van der Waals surface area contributed by atoms with Crippen LogP contribution in [0.3, 0.4) is 0 Å². The lowest BCUT2D eigenvalue weighted by atomic mass is 9.96. The Hall–Kier alpha value is -3.35. The van der Waals surface area contributed by atoms with Gasteiger partial charge in [0.2, 0.25) is 11.8 Å². The van der Waals surface area contributed by atoms with Crippen LogP contribution in [0.2, 0.25) is 0 Å². The number of benzene rings is 2. The zero-order chi connectivity index (χ0) is 29.9. The van der Waals surface area contributed by atoms with E-state index in [2.05, 4.69) is 24.5 Å². The molecule has 0 aliphatic carbocycles. The first-order valence-electron chi connectivity index (χ1n) is 14.6. The van der Waals surface area contributed by atoms with E-state index in [-0.39, 0.29) is 30.3 Å². The largest absolute Gasteiger partial charge is 0.444 e. The van der Waals surface area contributed by atoms with Crippen LogP contribution >= 0.6 is 0 Å². The Labute approximate surface area is 241 Å². The number of carbonyl (C=O) groups excluding carboxylic acids is 3. The second kappa shape index (κ2) is 15.4. The molecule has 0 saturated heterocycles. The average Bonchev–Trinajstić information content (AvgIpc) is 2.90. The van der Waals surface area contributed by atoms with Crippen molar-refractivity contribution < 1.29 is 19.1 Å². The molecule has 2 aromatic rings. The van der Waals surface area contributed by atoms with Gasteiger partial charge in [-0.3, -0.25) is 9.59 Å². The number of aryl methyl sites for hydroxylation is 1. The number of ether oxygens (including phenoxy) is 1. The van der Waals surface area contributed by atoms with Crippen molar-refractivity contribution in [2.45, 2.75) is 117 Å². The maximum Gasteiger partial charge on any atom is 0.408 e. The fraction of sp³-hybridized carbons (Fsp3) is 0.545. The fourth-order valence-corrected chi connectivity index (χ4v) is 4.68. The van der Waals surface area contributed by atoms with Crippen LogP contribution in [-0.2, 0) is 27.2 Å². The topological polar surface area (TPSA) is 87.7 Å². The number of nitrogens with zero attached hydrogens (tertiary/aromatic N) is 1. The maximum absolute atomic E-state index is 14.5. The number of rotatable bonds is 13. The van der Waals surface area contributed by atoms with Gasteiger partial charge in [-0.1, -0.05) is 81.8 Å². The SMILES string of the molecule is CCCC(C)NC(=O)C(c1ccc(CC)cc1)N(C(=O)C(Cc1ccccc1)NC(=O)OC(C)(C)C)C(C)CC. The molecule has 220 valence electrons. The van der Waals surface area contributed by atoms with E-state index in [4.69, 9.17) is 4.74 Å². The third-order valence-electron chi connectivity index (χ3n) is 6.93. The molecule has 2 N–H and O–H groups in total. The van der Waals surface area contributed by atoms with Gasteiger partial charge in [0.05, 0.1) is 0 Å². The lowest BCUT2D eigenvalue weighted by Crippen LogP contribution is -2.56. The first-order valence-corrected chi connectivity index (χ1v) is 14.6. The van der Waals surface area contributed by atoms with Crippen molar-refractivity contribution in [3.63, 3.8) is 0 Å². The lowest BCUT2D eigenvalue weighted by Gasteiger charge is -2.38. The highest BCUT2D eigenvalue weighted by Crippen LogP contribution is 2.27. The van der Waals surface area contributed by atoms with Crippen molar-refractivity contribution in [2.75, 3.05) is 0 Å². The molecule has 7 nitrogen and oxygen atoms in total. The number of hydrogen-bond donors (Lipinski definition) is 2. The van der Waals surface area contributed by atoms with Crippen LogP contribution in [0.1, 0.15) is 97.4 Å². The van der Waals surface area contributed by atoms with E-state index in [1.165, 1.54) is 0 Å². The highest BCUT2D eigenvalue weighted by atomic mass is 16.6. The van der Waals surface area contributed by atoms with Gasteiger partial charge in [0.25, 0.3) is 0 Å². The summed E-state index contributed by atoms with van der Waals surface area (Å²) in [6, 6.07) is 15.3. The van der Waals surface area contributed by atoms with Gasteiger partial charge in [-0.05, 0) is 70.6 Å². The van der Waals surface area contributed by atoms with Crippen molar-refractivity contribution in [3.05, 3.63) is 71.3 Å². The van der Waals surface area contributed by atoms with Crippen molar-refractivity contribution in [1.29, 1.82) is 0 Å². The number of amides is 3. The van der Waals surface area contributed by atoms with Crippen molar-refractivity contribution in [2.24, 2.45) is 0 Å². The van der Waals surface area contributed by atoms with Crippen LogP contribution in [-0.4, -0.2) is 46.5 Å². The molecule has 0 radical (unpaired) electrons. The van der Waals surface area contributed by atoms with Crippen molar-refractivity contribution in [1.82, 2.24) is 15.5 Å². The summed E-state index contributed by atoms with van der Waals surface area (Å²) >= 11 is 0.